The first-order valence-electron chi connectivity index (χ1n) is 10.0. The van der Waals surface area contributed by atoms with Crippen LogP contribution in [0.4, 0.5) is 11.4 Å². The Kier molecular flexibility index (Phi) is 4.67. The van der Waals surface area contributed by atoms with E-state index in [1.807, 2.05) is 72.2 Å². The Labute approximate surface area is 180 Å². The molecule has 0 unspecified atom stereocenters. The van der Waals surface area contributed by atoms with Crippen LogP contribution in [0.1, 0.15) is 11.5 Å². The Balaban J connectivity index is 1.47. The SMILES string of the molecule is COc1ccc(C)c(-c2cn3cccc(Nc4ccc(-c5cnc(C)o5)cc4)c3n2)c1. The summed E-state index contributed by atoms with van der Waals surface area (Å²) in [7, 11) is 1.68. The lowest BCUT2D eigenvalue weighted by Crippen LogP contribution is -1.94. The van der Waals surface area contributed by atoms with Gasteiger partial charge in [-0.2, -0.15) is 0 Å². The van der Waals surface area contributed by atoms with Crippen LogP contribution in [0.25, 0.3) is 28.2 Å². The molecular formula is C25H22N4O2. The van der Waals surface area contributed by atoms with Crippen molar-refractivity contribution >= 4 is 17.0 Å². The van der Waals surface area contributed by atoms with E-state index in [1.165, 1.54) is 0 Å². The maximum absolute atomic E-state index is 5.60. The van der Waals surface area contributed by atoms with Gasteiger partial charge in [-0.25, -0.2) is 9.97 Å². The van der Waals surface area contributed by atoms with Gasteiger partial charge in [-0.3, -0.25) is 0 Å². The summed E-state index contributed by atoms with van der Waals surface area (Å²) in [6.45, 7) is 3.92. The highest BCUT2D eigenvalue weighted by molar-refractivity contribution is 5.78. The van der Waals surface area contributed by atoms with Gasteiger partial charge in [-0.1, -0.05) is 6.07 Å². The standard InChI is InChI=1S/C25H22N4O2/c1-16-6-11-20(30-3)13-21(16)23-15-29-12-4-5-22(25(29)28-23)27-19-9-7-18(8-10-19)24-14-26-17(2)31-24/h4-15,27H,1-3H3. The maximum atomic E-state index is 5.60. The molecule has 0 amide bonds. The number of hydrogen-bond donors (Lipinski definition) is 1. The molecule has 154 valence electrons. The van der Waals surface area contributed by atoms with Gasteiger partial charge in [0.2, 0.25) is 0 Å². The van der Waals surface area contributed by atoms with Crippen LogP contribution in [0.5, 0.6) is 5.75 Å². The fourth-order valence-electron chi connectivity index (χ4n) is 3.61. The molecule has 0 atom stereocenters. The molecule has 0 aliphatic heterocycles. The van der Waals surface area contributed by atoms with Crippen LogP contribution >= 0.6 is 0 Å². The number of aryl methyl sites for hydroxylation is 2. The number of hydrogen-bond acceptors (Lipinski definition) is 5. The Morgan fingerprint density at radius 1 is 1.03 bits per heavy atom. The lowest BCUT2D eigenvalue weighted by Gasteiger charge is -2.08. The number of oxazole rings is 1. The Morgan fingerprint density at radius 3 is 2.61 bits per heavy atom. The summed E-state index contributed by atoms with van der Waals surface area (Å²) in [6.07, 6.45) is 5.78. The van der Waals surface area contributed by atoms with Gasteiger partial charge in [0.15, 0.2) is 17.3 Å². The number of nitrogens with zero attached hydrogens (tertiary/aromatic N) is 3. The van der Waals surface area contributed by atoms with Crippen LogP contribution in [0.3, 0.4) is 0 Å². The van der Waals surface area contributed by atoms with Crippen molar-refractivity contribution in [2.24, 2.45) is 0 Å². The first kappa shape index (κ1) is 18.9. The third-order valence-corrected chi connectivity index (χ3v) is 5.27. The molecule has 0 aliphatic carbocycles. The molecule has 31 heavy (non-hydrogen) atoms. The summed E-state index contributed by atoms with van der Waals surface area (Å²) in [5.41, 5.74) is 6.85. The number of benzene rings is 2. The minimum Gasteiger partial charge on any atom is -0.497 e. The quantitative estimate of drug-likeness (QED) is 0.383. The fourth-order valence-corrected chi connectivity index (χ4v) is 3.61. The second-order valence-corrected chi connectivity index (χ2v) is 7.41. The molecule has 0 bridgehead atoms. The number of nitrogens with one attached hydrogen (secondary N) is 1. The molecule has 5 rings (SSSR count). The number of ether oxygens (including phenoxy) is 1. The van der Waals surface area contributed by atoms with E-state index in [-0.39, 0.29) is 0 Å². The van der Waals surface area contributed by atoms with Crippen molar-refractivity contribution in [1.82, 2.24) is 14.4 Å². The minimum atomic E-state index is 0.658. The number of aromatic nitrogens is 3. The van der Waals surface area contributed by atoms with Gasteiger partial charge >= 0.3 is 0 Å². The van der Waals surface area contributed by atoms with Crippen LogP contribution in [0, 0.1) is 13.8 Å². The van der Waals surface area contributed by atoms with Gasteiger partial charge in [0.1, 0.15) is 5.75 Å². The average molecular weight is 410 g/mol. The average Bonchev–Trinajstić information content (AvgIpc) is 3.41. The smallest absolute Gasteiger partial charge is 0.191 e. The van der Waals surface area contributed by atoms with Crippen molar-refractivity contribution in [3.63, 3.8) is 0 Å². The number of methoxy groups -OCH3 is 1. The summed E-state index contributed by atoms with van der Waals surface area (Å²) in [4.78, 5) is 9.07. The van der Waals surface area contributed by atoms with Crippen LogP contribution in [0.2, 0.25) is 0 Å². The zero-order valence-electron chi connectivity index (χ0n) is 17.6. The summed E-state index contributed by atoms with van der Waals surface area (Å²) in [5.74, 6) is 2.24. The molecule has 6 heteroatoms. The van der Waals surface area contributed by atoms with Crippen molar-refractivity contribution < 1.29 is 9.15 Å². The van der Waals surface area contributed by atoms with Gasteiger partial charge in [0.25, 0.3) is 0 Å². The van der Waals surface area contributed by atoms with Crippen LogP contribution in [-0.4, -0.2) is 21.5 Å². The molecule has 0 fully saturated rings. The zero-order chi connectivity index (χ0) is 21.4. The van der Waals surface area contributed by atoms with Gasteiger partial charge < -0.3 is 18.9 Å². The molecule has 5 aromatic rings. The summed E-state index contributed by atoms with van der Waals surface area (Å²) >= 11 is 0. The third-order valence-electron chi connectivity index (χ3n) is 5.27. The topological polar surface area (TPSA) is 64.6 Å². The monoisotopic (exact) mass is 410 g/mol. The molecule has 3 aromatic heterocycles. The Bertz CT molecular complexity index is 1370. The van der Waals surface area contributed by atoms with E-state index in [2.05, 4.69) is 23.3 Å². The molecule has 3 heterocycles. The lowest BCUT2D eigenvalue weighted by atomic mass is 10.1. The van der Waals surface area contributed by atoms with E-state index in [0.717, 1.165) is 50.9 Å². The first-order valence-corrected chi connectivity index (χ1v) is 10.0. The highest BCUT2D eigenvalue weighted by Gasteiger charge is 2.12. The fraction of sp³-hybridized carbons (Fsp3) is 0.120. The molecule has 0 spiro atoms. The summed E-state index contributed by atoms with van der Waals surface area (Å²) in [5, 5.41) is 3.48. The van der Waals surface area contributed by atoms with Crippen molar-refractivity contribution in [3.8, 4) is 28.3 Å². The van der Waals surface area contributed by atoms with Gasteiger partial charge in [0, 0.05) is 36.1 Å². The van der Waals surface area contributed by atoms with E-state index in [9.17, 15) is 0 Å². The van der Waals surface area contributed by atoms with Crippen molar-refractivity contribution in [2.75, 3.05) is 12.4 Å². The van der Waals surface area contributed by atoms with Crippen molar-refractivity contribution in [3.05, 3.63) is 84.6 Å². The predicted molar refractivity (Wildman–Crippen MR) is 122 cm³/mol. The lowest BCUT2D eigenvalue weighted by molar-refractivity contribution is 0.415. The van der Waals surface area contributed by atoms with E-state index >= 15 is 0 Å². The van der Waals surface area contributed by atoms with Crippen LogP contribution in [-0.2, 0) is 0 Å². The molecule has 0 radical (unpaired) electrons. The number of pyridine rings is 1. The molecular weight excluding hydrogens is 388 g/mol. The molecule has 0 aliphatic rings. The largest absolute Gasteiger partial charge is 0.497 e. The molecule has 6 nitrogen and oxygen atoms in total. The first-order chi connectivity index (χ1) is 15.1. The molecule has 0 saturated heterocycles. The minimum absolute atomic E-state index is 0.658. The van der Waals surface area contributed by atoms with Gasteiger partial charge in [0.05, 0.1) is 24.7 Å². The molecule has 2 aromatic carbocycles. The maximum Gasteiger partial charge on any atom is 0.191 e. The normalized spacial score (nSPS) is 11.1. The number of rotatable bonds is 5. The number of imidazole rings is 1. The zero-order valence-corrected chi connectivity index (χ0v) is 17.6. The second-order valence-electron chi connectivity index (χ2n) is 7.41. The summed E-state index contributed by atoms with van der Waals surface area (Å²) < 4.78 is 13.0. The predicted octanol–water partition coefficient (Wildman–Crippen LogP) is 6.03. The molecule has 1 N–H and O–H groups in total. The van der Waals surface area contributed by atoms with Gasteiger partial charge in [-0.15, -0.1) is 0 Å². The van der Waals surface area contributed by atoms with E-state index in [0.29, 0.717) is 5.89 Å². The van der Waals surface area contributed by atoms with Crippen LogP contribution in [0.15, 0.2) is 77.6 Å². The highest BCUT2D eigenvalue weighted by Crippen LogP contribution is 2.30. The second kappa shape index (κ2) is 7.65. The number of anilines is 2. The van der Waals surface area contributed by atoms with E-state index in [4.69, 9.17) is 14.1 Å². The Morgan fingerprint density at radius 2 is 1.87 bits per heavy atom. The van der Waals surface area contributed by atoms with Crippen molar-refractivity contribution in [1.29, 1.82) is 0 Å². The van der Waals surface area contributed by atoms with Crippen LogP contribution < -0.4 is 10.1 Å². The highest BCUT2D eigenvalue weighted by atomic mass is 16.5. The van der Waals surface area contributed by atoms with E-state index < -0.39 is 0 Å². The van der Waals surface area contributed by atoms with Crippen molar-refractivity contribution in [2.45, 2.75) is 13.8 Å². The van der Waals surface area contributed by atoms with Gasteiger partial charge in [-0.05, 0) is 61.0 Å². The number of fused-ring (bicyclic) bond motifs is 1. The molecule has 0 saturated carbocycles. The Hall–Kier alpha value is -4.06. The van der Waals surface area contributed by atoms with E-state index in [1.54, 1.807) is 13.3 Å². The summed E-state index contributed by atoms with van der Waals surface area (Å²) in [6, 6.07) is 18.1. The third kappa shape index (κ3) is 3.64.